The Hall–Kier alpha value is -3.28. The van der Waals surface area contributed by atoms with Crippen LogP contribution in [0.25, 0.3) is 10.9 Å². The van der Waals surface area contributed by atoms with Crippen LogP contribution in [0.4, 0.5) is 0 Å². The Morgan fingerprint density at radius 3 is 2.42 bits per heavy atom. The maximum Gasteiger partial charge on any atom is 0.252 e. The zero-order chi connectivity index (χ0) is 23.6. The number of aromatic nitrogens is 1. The third-order valence-corrected chi connectivity index (χ3v) is 7.11. The van der Waals surface area contributed by atoms with Crippen LogP contribution in [0.5, 0.6) is 23.0 Å². The highest BCUT2D eigenvalue weighted by Crippen LogP contribution is 2.34. The van der Waals surface area contributed by atoms with Crippen LogP contribution in [0.1, 0.15) is 5.56 Å². The van der Waals surface area contributed by atoms with E-state index in [0.29, 0.717) is 47.1 Å². The van der Waals surface area contributed by atoms with E-state index in [2.05, 4.69) is 4.98 Å². The van der Waals surface area contributed by atoms with Gasteiger partial charge in [0.25, 0.3) is 5.56 Å². The number of ether oxygens (including phenoxy) is 4. The number of sulfonamides is 1. The van der Waals surface area contributed by atoms with Crippen molar-refractivity contribution < 1.29 is 32.5 Å². The van der Waals surface area contributed by atoms with Crippen molar-refractivity contribution in [1.82, 2.24) is 9.29 Å². The molecule has 0 unspecified atom stereocenters. The second-order valence-corrected chi connectivity index (χ2v) is 9.22. The van der Waals surface area contributed by atoms with Crippen LogP contribution in [-0.2, 0) is 16.6 Å². The van der Waals surface area contributed by atoms with Crippen LogP contribution in [-0.4, -0.2) is 63.4 Å². The van der Waals surface area contributed by atoms with Gasteiger partial charge >= 0.3 is 0 Å². The van der Waals surface area contributed by atoms with Gasteiger partial charge in [0, 0.05) is 36.2 Å². The van der Waals surface area contributed by atoms with Gasteiger partial charge in [-0.2, -0.15) is 4.31 Å². The number of aliphatic hydroxyl groups is 1. The van der Waals surface area contributed by atoms with Gasteiger partial charge in [0.2, 0.25) is 10.0 Å². The normalized spacial score (nSPS) is 13.3. The molecule has 2 N–H and O–H groups in total. The zero-order valence-corrected chi connectivity index (χ0v) is 19.0. The van der Waals surface area contributed by atoms with Gasteiger partial charge in [-0.25, -0.2) is 8.42 Å². The molecule has 2 aromatic carbocycles. The highest BCUT2D eigenvalue weighted by atomic mass is 32.2. The van der Waals surface area contributed by atoms with Crippen molar-refractivity contribution in [2.24, 2.45) is 0 Å². The first-order valence-electron chi connectivity index (χ1n) is 10.2. The summed E-state index contributed by atoms with van der Waals surface area (Å²) >= 11 is 0. The van der Waals surface area contributed by atoms with Gasteiger partial charge in [-0.15, -0.1) is 0 Å². The predicted molar refractivity (Wildman–Crippen MR) is 120 cm³/mol. The van der Waals surface area contributed by atoms with E-state index in [-0.39, 0.29) is 23.5 Å². The van der Waals surface area contributed by atoms with Gasteiger partial charge in [-0.05, 0) is 24.3 Å². The summed E-state index contributed by atoms with van der Waals surface area (Å²) in [5.41, 5.74) is 0.282. The van der Waals surface area contributed by atoms with Crippen molar-refractivity contribution in [3.8, 4) is 23.0 Å². The van der Waals surface area contributed by atoms with E-state index in [9.17, 15) is 18.3 Å². The molecule has 176 valence electrons. The van der Waals surface area contributed by atoms with Gasteiger partial charge in [0.15, 0.2) is 23.0 Å². The van der Waals surface area contributed by atoms with Crippen LogP contribution in [0.15, 0.2) is 46.1 Å². The van der Waals surface area contributed by atoms with Crippen LogP contribution < -0.4 is 24.5 Å². The standard InChI is InChI=1S/C22H24N2O8S/c1-29-19-10-14-9-15(22(26)23-17(14)12-20(19)30-2)13-24(5-6-25)33(27,28)16-3-4-18-21(11-16)32-8-7-31-18/h3-4,9-12,25H,5-8,13H2,1-2H3,(H,23,26). The number of aliphatic hydroxyl groups excluding tert-OH is 1. The summed E-state index contributed by atoms with van der Waals surface area (Å²) in [6.07, 6.45) is 0. The second-order valence-electron chi connectivity index (χ2n) is 7.29. The number of hydrogen-bond acceptors (Lipinski definition) is 8. The average Bonchev–Trinajstić information content (AvgIpc) is 2.82. The average molecular weight is 477 g/mol. The van der Waals surface area contributed by atoms with Crippen LogP contribution >= 0.6 is 0 Å². The number of H-pyrrole nitrogens is 1. The molecule has 0 spiro atoms. The van der Waals surface area contributed by atoms with Crippen molar-refractivity contribution in [2.75, 3.05) is 40.6 Å². The monoisotopic (exact) mass is 476 g/mol. The van der Waals surface area contributed by atoms with E-state index < -0.39 is 22.2 Å². The first kappa shape index (κ1) is 22.9. The van der Waals surface area contributed by atoms with Crippen LogP contribution in [0.2, 0.25) is 0 Å². The Morgan fingerprint density at radius 1 is 1.03 bits per heavy atom. The molecule has 2 heterocycles. The zero-order valence-electron chi connectivity index (χ0n) is 18.2. The van der Waals surface area contributed by atoms with Gasteiger partial charge in [-0.3, -0.25) is 4.79 Å². The molecule has 4 rings (SSSR count). The molecule has 1 aromatic heterocycles. The molecular weight excluding hydrogens is 452 g/mol. The number of aromatic amines is 1. The Kier molecular flexibility index (Phi) is 6.45. The molecule has 0 amide bonds. The molecule has 0 saturated carbocycles. The van der Waals surface area contributed by atoms with E-state index >= 15 is 0 Å². The third kappa shape index (κ3) is 4.47. The summed E-state index contributed by atoms with van der Waals surface area (Å²) in [6, 6.07) is 9.25. The van der Waals surface area contributed by atoms with E-state index in [1.165, 1.54) is 32.4 Å². The Bertz CT molecular complexity index is 1340. The summed E-state index contributed by atoms with van der Waals surface area (Å²) in [7, 11) is -1.06. The minimum Gasteiger partial charge on any atom is -0.493 e. The van der Waals surface area contributed by atoms with Gasteiger partial charge in [0.1, 0.15) is 13.2 Å². The van der Waals surface area contributed by atoms with Crippen molar-refractivity contribution in [3.63, 3.8) is 0 Å². The van der Waals surface area contributed by atoms with Gasteiger partial charge < -0.3 is 29.0 Å². The number of rotatable bonds is 8. The van der Waals surface area contributed by atoms with Crippen molar-refractivity contribution in [1.29, 1.82) is 0 Å². The summed E-state index contributed by atoms with van der Waals surface area (Å²) < 4.78 is 49.2. The topological polar surface area (TPSA) is 127 Å². The molecule has 1 aliphatic heterocycles. The van der Waals surface area contributed by atoms with Gasteiger partial charge in [-0.1, -0.05) is 0 Å². The molecule has 0 aliphatic carbocycles. The first-order valence-corrected chi connectivity index (χ1v) is 11.6. The van der Waals surface area contributed by atoms with Crippen molar-refractivity contribution in [3.05, 3.63) is 52.3 Å². The minimum atomic E-state index is -4.05. The predicted octanol–water partition coefficient (Wildman–Crippen LogP) is 1.50. The lowest BCUT2D eigenvalue weighted by atomic mass is 10.1. The maximum atomic E-state index is 13.3. The number of hydrogen-bond donors (Lipinski definition) is 2. The van der Waals surface area contributed by atoms with Gasteiger partial charge in [0.05, 0.1) is 31.2 Å². The molecule has 33 heavy (non-hydrogen) atoms. The van der Waals surface area contributed by atoms with E-state index in [1.807, 2.05) is 0 Å². The summed E-state index contributed by atoms with van der Waals surface area (Å²) in [4.78, 5) is 15.5. The Balaban J connectivity index is 1.71. The molecular formula is C22H24N2O8S. The van der Waals surface area contributed by atoms with E-state index in [4.69, 9.17) is 18.9 Å². The van der Waals surface area contributed by atoms with Crippen LogP contribution in [0, 0.1) is 0 Å². The third-order valence-electron chi connectivity index (χ3n) is 5.27. The molecule has 11 heteroatoms. The number of nitrogens with zero attached hydrogens (tertiary/aromatic N) is 1. The number of methoxy groups -OCH3 is 2. The van der Waals surface area contributed by atoms with Crippen molar-refractivity contribution in [2.45, 2.75) is 11.4 Å². The number of pyridine rings is 1. The number of nitrogens with one attached hydrogen (secondary N) is 1. The highest BCUT2D eigenvalue weighted by molar-refractivity contribution is 7.89. The fourth-order valence-corrected chi connectivity index (χ4v) is 5.04. The number of fused-ring (bicyclic) bond motifs is 2. The molecule has 0 atom stereocenters. The lowest BCUT2D eigenvalue weighted by Gasteiger charge is -2.23. The maximum absolute atomic E-state index is 13.3. The molecule has 10 nitrogen and oxygen atoms in total. The lowest BCUT2D eigenvalue weighted by Crippen LogP contribution is -2.35. The molecule has 0 radical (unpaired) electrons. The molecule has 0 fully saturated rings. The minimum absolute atomic E-state index is 0.0242. The summed E-state index contributed by atoms with van der Waals surface area (Å²) in [5, 5.41) is 10.2. The molecule has 3 aromatic rings. The fraction of sp³-hybridized carbons (Fsp3) is 0.318. The van der Waals surface area contributed by atoms with Crippen molar-refractivity contribution >= 4 is 20.9 Å². The fourth-order valence-electron chi connectivity index (χ4n) is 3.61. The smallest absolute Gasteiger partial charge is 0.252 e. The molecule has 1 aliphatic rings. The van der Waals surface area contributed by atoms with Crippen LogP contribution in [0.3, 0.4) is 0 Å². The summed E-state index contributed by atoms with van der Waals surface area (Å²) in [6.45, 7) is -0.147. The van der Waals surface area contributed by atoms with E-state index in [0.717, 1.165) is 4.31 Å². The molecule has 0 bridgehead atoms. The highest BCUT2D eigenvalue weighted by Gasteiger charge is 2.27. The SMILES string of the molecule is COc1cc2cc(CN(CCO)S(=O)(=O)c3ccc4c(c3)OCCO4)c(=O)[nH]c2cc1OC. The quantitative estimate of drug-likeness (QED) is 0.501. The largest absolute Gasteiger partial charge is 0.493 e. The number of benzene rings is 2. The first-order chi connectivity index (χ1) is 15.9. The lowest BCUT2D eigenvalue weighted by molar-refractivity contribution is 0.171. The summed E-state index contributed by atoms with van der Waals surface area (Å²) in [5.74, 6) is 1.72. The Morgan fingerprint density at radius 2 is 1.73 bits per heavy atom. The second kappa shape index (κ2) is 9.30. The van der Waals surface area contributed by atoms with E-state index in [1.54, 1.807) is 18.2 Å². The molecule has 0 saturated heterocycles. The Labute approximate surface area is 190 Å².